The van der Waals surface area contributed by atoms with Crippen molar-refractivity contribution in [1.82, 2.24) is 4.90 Å². The number of amides is 1. The van der Waals surface area contributed by atoms with E-state index in [9.17, 15) is 9.90 Å². The van der Waals surface area contributed by atoms with Crippen molar-refractivity contribution in [2.45, 2.75) is 4.90 Å². The van der Waals surface area contributed by atoms with Gasteiger partial charge in [0, 0.05) is 19.0 Å². The Morgan fingerprint density at radius 1 is 1.43 bits per heavy atom. The lowest BCUT2D eigenvalue weighted by molar-refractivity contribution is 0.0821. The van der Waals surface area contributed by atoms with Crippen LogP contribution < -0.4 is 0 Å². The minimum absolute atomic E-state index is 0.0375. The summed E-state index contributed by atoms with van der Waals surface area (Å²) in [7, 11) is 3.33. The van der Waals surface area contributed by atoms with Crippen LogP contribution in [0.1, 0.15) is 10.4 Å². The number of carbonyl (C=O) groups is 1. The molecule has 1 N–H and O–H groups in total. The number of nitrogens with zero attached hydrogens (tertiary/aromatic N) is 1. The molecule has 1 aromatic carbocycles. The SMILES string of the molecule is CSc1cccc(O)c1C(=O)N(C)C. The van der Waals surface area contributed by atoms with E-state index < -0.39 is 0 Å². The highest BCUT2D eigenvalue weighted by atomic mass is 32.2. The number of phenolic OH excluding ortho intramolecular Hbond substituents is 1. The number of hydrogen-bond acceptors (Lipinski definition) is 3. The van der Waals surface area contributed by atoms with Gasteiger partial charge in [-0.3, -0.25) is 4.79 Å². The molecule has 0 heterocycles. The van der Waals surface area contributed by atoms with E-state index in [-0.39, 0.29) is 11.7 Å². The Kier molecular flexibility index (Phi) is 3.41. The lowest BCUT2D eigenvalue weighted by atomic mass is 10.2. The van der Waals surface area contributed by atoms with Gasteiger partial charge in [-0.05, 0) is 18.4 Å². The van der Waals surface area contributed by atoms with Gasteiger partial charge >= 0.3 is 0 Å². The molecule has 0 aliphatic heterocycles. The van der Waals surface area contributed by atoms with Crippen molar-refractivity contribution in [1.29, 1.82) is 0 Å². The second-order valence-electron chi connectivity index (χ2n) is 3.05. The molecule has 0 radical (unpaired) electrons. The molecule has 0 atom stereocenters. The summed E-state index contributed by atoms with van der Waals surface area (Å²) in [6.45, 7) is 0. The van der Waals surface area contributed by atoms with Gasteiger partial charge in [0.1, 0.15) is 5.75 Å². The van der Waals surface area contributed by atoms with Crippen LogP contribution in [0.4, 0.5) is 0 Å². The summed E-state index contributed by atoms with van der Waals surface area (Å²) in [6, 6.07) is 5.07. The van der Waals surface area contributed by atoms with Crippen LogP contribution in [0.3, 0.4) is 0 Å². The lowest BCUT2D eigenvalue weighted by Crippen LogP contribution is -2.22. The molecule has 76 valence electrons. The standard InChI is InChI=1S/C10H13NO2S/c1-11(2)10(13)9-7(12)5-4-6-8(9)14-3/h4-6,12H,1-3H3. The molecule has 0 unspecified atom stereocenters. The fourth-order valence-corrected chi connectivity index (χ4v) is 1.74. The molecule has 0 aliphatic carbocycles. The zero-order valence-electron chi connectivity index (χ0n) is 8.44. The van der Waals surface area contributed by atoms with Crippen LogP contribution in [0.25, 0.3) is 0 Å². The molecular weight excluding hydrogens is 198 g/mol. The Balaban J connectivity index is 3.23. The molecular formula is C10H13NO2S. The Labute approximate surface area is 87.7 Å². The van der Waals surface area contributed by atoms with E-state index in [2.05, 4.69) is 0 Å². The van der Waals surface area contributed by atoms with Crippen molar-refractivity contribution in [3.05, 3.63) is 23.8 Å². The van der Waals surface area contributed by atoms with Crippen LogP contribution >= 0.6 is 11.8 Å². The Morgan fingerprint density at radius 2 is 2.07 bits per heavy atom. The first-order valence-electron chi connectivity index (χ1n) is 4.15. The van der Waals surface area contributed by atoms with Crippen molar-refractivity contribution < 1.29 is 9.90 Å². The molecule has 1 amide bonds. The zero-order chi connectivity index (χ0) is 10.7. The van der Waals surface area contributed by atoms with Crippen molar-refractivity contribution in [2.24, 2.45) is 0 Å². The monoisotopic (exact) mass is 211 g/mol. The van der Waals surface area contributed by atoms with Crippen LogP contribution in [0.5, 0.6) is 5.75 Å². The van der Waals surface area contributed by atoms with Gasteiger partial charge in [-0.25, -0.2) is 0 Å². The number of phenols is 1. The van der Waals surface area contributed by atoms with Gasteiger partial charge in [0.2, 0.25) is 0 Å². The number of hydrogen-bond donors (Lipinski definition) is 1. The third-order valence-electron chi connectivity index (χ3n) is 1.84. The van der Waals surface area contributed by atoms with Crippen LogP contribution in [-0.4, -0.2) is 36.3 Å². The average Bonchev–Trinajstić information content (AvgIpc) is 2.16. The highest BCUT2D eigenvalue weighted by Crippen LogP contribution is 2.28. The van der Waals surface area contributed by atoms with Crippen LogP contribution in [0.15, 0.2) is 23.1 Å². The highest BCUT2D eigenvalue weighted by Gasteiger charge is 2.16. The zero-order valence-corrected chi connectivity index (χ0v) is 9.26. The summed E-state index contributed by atoms with van der Waals surface area (Å²) in [4.78, 5) is 13.9. The first-order valence-corrected chi connectivity index (χ1v) is 5.38. The third-order valence-corrected chi connectivity index (χ3v) is 2.62. The predicted octanol–water partition coefficient (Wildman–Crippen LogP) is 1.82. The average molecular weight is 211 g/mol. The van der Waals surface area contributed by atoms with Crippen molar-refractivity contribution in [3.8, 4) is 5.75 Å². The molecule has 4 heteroatoms. The molecule has 14 heavy (non-hydrogen) atoms. The molecule has 0 saturated carbocycles. The summed E-state index contributed by atoms with van der Waals surface area (Å²) < 4.78 is 0. The van der Waals surface area contributed by atoms with Gasteiger partial charge in [-0.1, -0.05) is 6.07 Å². The molecule has 0 aliphatic rings. The maximum Gasteiger partial charge on any atom is 0.258 e. The lowest BCUT2D eigenvalue weighted by Gasteiger charge is -2.13. The summed E-state index contributed by atoms with van der Waals surface area (Å²) in [5.41, 5.74) is 0.380. The summed E-state index contributed by atoms with van der Waals surface area (Å²) in [6.07, 6.45) is 1.88. The van der Waals surface area contributed by atoms with E-state index >= 15 is 0 Å². The van der Waals surface area contributed by atoms with Gasteiger partial charge < -0.3 is 10.0 Å². The van der Waals surface area contributed by atoms with Crippen LogP contribution in [0, 0.1) is 0 Å². The maximum absolute atomic E-state index is 11.7. The number of carbonyl (C=O) groups excluding carboxylic acids is 1. The molecule has 1 rings (SSSR count). The van der Waals surface area contributed by atoms with E-state index in [1.54, 1.807) is 20.2 Å². The Morgan fingerprint density at radius 3 is 2.57 bits per heavy atom. The summed E-state index contributed by atoms with van der Waals surface area (Å²) in [5.74, 6) is -0.136. The van der Waals surface area contributed by atoms with Gasteiger partial charge in [0.05, 0.1) is 5.56 Å². The van der Waals surface area contributed by atoms with Gasteiger partial charge in [-0.15, -0.1) is 11.8 Å². The molecule has 0 fully saturated rings. The number of thioether (sulfide) groups is 1. The van der Waals surface area contributed by atoms with Crippen molar-refractivity contribution in [3.63, 3.8) is 0 Å². The van der Waals surface area contributed by atoms with Crippen LogP contribution in [-0.2, 0) is 0 Å². The highest BCUT2D eigenvalue weighted by molar-refractivity contribution is 7.98. The molecule has 0 saturated heterocycles. The van der Waals surface area contributed by atoms with Gasteiger partial charge in [0.25, 0.3) is 5.91 Å². The Hall–Kier alpha value is -1.16. The number of benzene rings is 1. The fraction of sp³-hybridized carbons (Fsp3) is 0.300. The largest absolute Gasteiger partial charge is 0.507 e. The van der Waals surface area contributed by atoms with E-state index in [1.165, 1.54) is 22.7 Å². The molecule has 0 spiro atoms. The maximum atomic E-state index is 11.7. The van der Waals surface area contributed by atoms with E-state index in [0.29, 0.717) is 5.56 Å². The summed E-state index contributed by atoms with van der Waals surface area (Å²) >= 11 is 1.45. The topological polar surface area (TPSA) is 40.5 Å². The fourth-order valence-electron chi connectivity index (χ4n) is 1.13. The first kappa shape index (κ1) is 10.9. The first-order chi connectivity index (χ1) is 6.57. The second kappa shape index (κ2) is 4.37. The van der Waals surface area contributed by atoms with E-state index in [1.807, 2.05) is 12.3 Å². The predicted molar refractivity (Wildman–Crippen MR) is 57.9 cm³/mol. The minimum atomic E-state index is -0.174. The van der Waals surface area contributed by atoms with E-state index in [0.717, 1.165) is 4.90 Å². The second-order valence-corrected chi connectivity index (χ2v) is 3.90. The Bertz CT molecular complexity index is 350. The van der Waals surface area contributed by atoms with Crippen LogP contribution in [0.2, 0.25) is 0 Å². The molecule has 3 nitrogen and oxygen atoms in total. The molecule has 1 aromatic rings. The van der Waals surface area contributed by atoms with E-state index in [4.69, 9.17) is 0 Å². The van der Waals surface area contributed by atoms with Crippen molar-refractivity contribution >= 4 is 17.7 Å². The number of aromatic hydroxyl groups is 1. The quantitative estimate of drug-likeness (QED) is 0.758. The molecule has 0 bridgehead atoms. The smallest absolute Gasteiger partial charge is 0.258 e. The third kappa shape index (κ3) is 2.01. The van der Waals surface area contributed by atoms with Gasteiger partial charge in [0.15, 0.2) is 0 Å². The van der Waals surface area contributed by atoms with Crippen molar-refractivity contribution in [2.75, 3.05) is 20.4 Å². The summed E-state index contributed by atoms with van der Waals surface area (Å²) in [5, 5.41) is 9.58. The molecule has 0 aromatic heterocycles. The normalized spacial score (nSPS) is 9.93. The van der Waals surface area contributed by atoms with Gasteiger partial charge in [-0.2, -0.15) is 0 Å². The number of rotatable bonds is 2. The minimum Gasteiger partial charge on any atom is -0.507 e.